The van der Waals surface area contributed by atoms with Crippen LogP contribution in [0.5, 0.6) is 11.5 Å². The number of anilines is 2. The second kappa shape index (κ2) is 9.43. The van der Waals surface area contributed by atoms with Gasteiger partial charge in [-0.05, 0) is 23.8 Å². The van der Waals surface area contributed by atoms with Crippen LogP contribution in [0.15, 0.2) is 72.8 Å². The van der Waals surface area contributed by atoms with Crippen LogP contribution in [-0.2, 0) is 4.79 Å². The standard InChI is InChI=1S/C25H25N3O4/c1-31-22-13-12-19(15-23(22)32-2)28-16-18(14-24(28)29)26-25(30)27-21-11-7-6-10-20(21)17-8-4-3-5-9-17/h3-13,15,18H,14,16H2,1-2H3,(H2,26,27,30)/t18-/m1/s1. The van der Waals surface area contributed by atoms with E-state index >= 15 is 0 Å². The van der Waals surface area contributed by atoms with Gasteiger partial charge in [0, 0.05) is 30.3 Å². The van der Waals surface area contributed by atoms with E-state index in [0.717, 1.165) is 11.1 Å². The molecular formula is C25H25N3O4. The second-order valence-corrected chi connectivity index (χ2v) is 7.45. The summed E-state index contributed by atoms with van der Waals surface area (Å²) in [5, 5.41) is 5.84. The van der Waals surface area contributed by atoms with E-state index in [-0.39, 0.29) is 24.4 Å². The number of para-hydroxylation sites is 1. The van der Waals surface area contributed by atoms with Gasteiger partial charge in [-0.2, -0.15) is 0 Å². The number of methoxy groups -OCH3 is 2. The van der Waals surface area contributed by atoms with Gasteiger partial charge < -0.3 is 25.0 Å². The Morgan fingerprint density at radius 2 is 1.66 bits per heavy atom. The molecule has 3 aromatic carbocycles. The van der Waals surface area contributed by atoms with Crippen LogP contribution in [-0.4, -0.2) is 38.7 Å². The fourth-order valence-electron chi connectivity index (χ4n) is 3.85. The summed E-state index contributed by atoms with van der Waals surface area (Å²) in [6.07, 6.45) is 0.224. The van der Waals surface area contributed by atoms with Crippen LogP contribution >= 0.6 is 0 Å². The van der Waals surface area contributed by atoms with Crippen LogP contribution in [0, 0.1) is 0 Å². The summed E-state index contributed by atoms with van der Waals surface area (Å²) < 4.78 is 10.6. The lowest BCUT2D eigenvalue weighted by atomic mass is 10.0. The average molecular weight is 431 g/mol. The maximum Gasteiger partial charge on any atom is 0.319 e. The number of carbonyl (C=O) groups excluding carboxylic acids is 2. The zero-order chi connectivity index (χ0) is 22.5. The van der Waals surface area contributed by atoms with Crippen LogP contribution in [0.25, 0.3) is 11.1 Å². The van der Waals surface area contributed by atoms with Crippen molar-refractivity contribution >= 4 is 23.3 Å². The molecule has 0 spiro atoms. The third-order valence-corrected chi connectivity index (χ3v) is 5.40. The Morgan fingerprint density at radius 3 is 2.41 bits per heavy atom. The first-order valence-corrected chi connectivity index (χ1v) is 10.3. The smallest absolute Gasteiger partial charge is 0.319 e. The Balaban J connectivity index is 1.43. The van der Waals surface area contributed by atoms with Gasteiger partial charge >= 0.3 is 6.03 Å². The van der Waals surface area contributed by atoms with E-state index in [4.69, 9.17) is 9.47 Å². The minimum absolute atomic E-state index is 0.0628. The molecule has 0 bridgehead atoms. The molecule has 3 amide bonds. The highest BCUT2D eigenvalue weighted by Gasteiger charge is 2.32. The van der Waals surface area contributed by atoms with Crippen molar-refractivity contribution in [2.24, 2.45) is 0 Å². The Kier molecular flexibility index (Phi) is 6.26. The quantitative estimate of drug-likeness (QED) is 0.610. The van der Waals surface area contributed by atoms with Crippen molar-refractivity contribution in [2.45, 2.75) is 12.5 Å². The highest BCUT2D eigenvalue weighted by Crippen LogP contribution is 2.33. The van der Waals surface area contributed by atoms with E-state index in [2.05, 4.69) is 10.6 Å². The average Bonchev–Trinajstić information content (AvgIpc) is 3.19. The predicted octanol–water partition coefficient (Wildman–Crippen LogP) is 4.30. The zero-order valence-electron chi connectivity index (χ0n) is 18.0. The van der Waals surface area contributed by atoms with E-state index in [1.165, 1.54) is 0 Å². The summed E-state index contributed by atoms with van der Waals surface area (Å²) >= 11 is 0. The minimum atomic E-state index is -0.347. The van der Waals surface area contributed by atoms with Crippen molar-refractivity contribution in [2.75, 3.05) is 31.0 Å². The van der Waals surface area contributed by atoms with Crippen molar-refractivity contribution in [1.29, 1.82) is 0 Å². The monoisotopic (exact) mass is 431 g/mol. The molecule has 4 rings (SSSR count). The van der Waals surface area contributed by atoms with Crippen LogP contribution < -0.4 is 25.0 Å². The van der Waals surface area contributed by atoms with Crippen molar-refractivity contribution < 1.29 is 19.1 Å². The van der Waals surface area contributed by atoms with Crippen molar-refractivity contribution in [3.8, 4) is 22.6 Å². The number of hydrogen-bond acceptors (Lipinski definition) is 4. The van der Waals surface area contributed by atoms with Gasteiger partial charge in [0.2, 0.25) is 5.91 Å². The Bertz CT molecular complexity index is 1120. The van der Waals surface area contributed by atoms with Crippen LogP contribution in [0.3, 0.4) is 0 Å². The fraction of sp³-hybridized carbons (Fsp3) is 0.200. The van der Waals surface area contributed by atoms with E-state index in [9.17, 15) is 9.59 Å². The summed E-state index contributed by atoms with van der Waals surface area (Å²) in [4.78, 5) is 26.9. The summed E-state index contributed by atoms with van der Waals surface area (Å²) in [5.41, 5.74) is 3.35. The molecule has 0 aliphatic carbocycles. The first-order chi connectivity index (χ1) is 15.6. The molecule has 164 valence electrons. The molecule has 7 heteroatoms. The Labute approximate surface area is 187 Å². The van der Waals surface area contributed by atoms with Crippen LogP contribution in [0.1, 0.15) is 6.42 Å². The lowest BCUT2D eigenvalue weighted by Crippen LogP contribution is -2.39. The third-order valence-electron chi connectivity index (χ3n) is 5.40. The fourth-order valence-corrected chi connectivity index (χ4v) is 3.85. The van der Waals surface area contributed by atoms with E-state index < -0.39 is 0 Å². The molecule has 1 fully saturated rings. The second-order valence-electron chi connectivity index (χ2n) is 7.45. The molecule has 0 saturated carbocycles. The lowest BCUT2D eigenvalue weighted by molar-refractivity contribution is -0.117. The number of hydrogen-bond donors (Lipinski definition) is 2. The molecule has 0 unspecified atom stereocenters. The number of rotatable bonds is 6. The predicted molar refractivity (Wildman–Crippen MR) is 124 cm³/mol. The molecule has 0 aromatic heterocycles. The number of benzene rings is 3. The van der Waals surface area contributed by atoms with E-state index in [1.54, 1.807) is 37.3 Å². The number of amides is 3. The van der Waals surface area contributed by atoms with Gasteiger partial charge in [0.05, 0.1) is 25.9 Å². The summed E-state index contributed by atoms with van der Waals surface area (Å²) in [7, 11) is 3.11. The number of carbonyl (C=O) groups is 2. The van der Waals surface area contributed by atoms with Gasteiger partial charge in [-0.3, -0.25) is 4.79 Å². The molecule has 0 radical (unpaired) electrons. The number of nitrogens with one attached hydrogen (secondary N) is 2. The molecule has 3 aromatic rings. The highest BCUT2D eigenvalue weighted by molar-refractivity contribution is 5.99. The molecular weight excluding hydrogens is 406 g/mol. The first-order valence-electron chi connectivity index (χ1n) is 10.3. The molecule has 1 saturated heterocycles. The topological polar surface area (TPSA) is 79.9 Å². The van der Waals surface area contributed by atoms with Gasteiger partial charge in [-0.1, -0.05) is 48.5 Å². The normalized spacial score (nSPS) is 15.4. The summed E-state index contributed by atoms with van der Waals surface area (Å²) in [5.74, 6) is 1.07. The highest BCUT2D eigenvalue weighted by atomic mass is 16.5. The number of urea groups is 1. The summed E-state index contributed by atoms with van der Waals surface area (Å²) in [6.45, 7) is 0.377. The molecule has 1 aliphatic rings. The molecule has 1 heterocycles. The van der Waals surface area contributed by atoms with Gasteiger partial charge in [0.1, 0.15) is 0 Å². The molecule has 32 heavy (non-hydrogen) atoms. The Hall–Kier alpha value is -4.00. The lowest BCUT2D eigenvalue weighted by Gasteiger charge is -2.19. The van der Waals surface area contributed by atoms with Crippen LogP contribution in [0.4, 0.5) is 16.2 Å². The van der Waals surface area contributed by atoms with Crippen molar-refractivity contribution in [1.82, 2.24) is 5.32 Å². The van der Waals surface area contributed by atoms with Gasteiger partial charge in [0.25, 0.3) is 0 Å². The maximum absolute atomic E-state index is 12.7. The SMILES string of the molecule is COc1ccc(N2C[C@H](NC(=O)Nc3ccccc3-c3ccccc3)CC2=O)cc1OC. The summed E-state index contributed by atoms with van der Waals surface area (Å²) in [6, 6.07) is 22.2. The zero-order valence-corrected chi connectivity index (χ0v) is 18.0. The Morgan fingerprint density at radius 1 is 0.938 bits per heavy atom. The minimum Gasteiger partial charge on any atom is -0.493 e. The van der Waals surface area contributed by atoms with Crippen LogP contribution in [0.2, 0.25) is 0 Å². The first kappa shape index (κ1) is 21.2. The maximum atomic E-state index is 12.7. The molecule has 7 nitrogen and oxygen atoms in total. The molecule has 1 aliphatic heterocycles. The van der Waals surface area contributed by atoms with E-state index in [0.29, 0.717) is 29.4 Å². The van der Waals surface area contributed by atoms with Gasteiger partial charge in [0.15, 0.2) is 11.5 Å². The largest absolute Gasteiger partial charge is 0.493 e. The number of nitrogens with zero attached hydrogens (tertiary/aromatic N) is 1. The van der Waals surface area contributed by atoms with Gasteiger partial charge in [-0.15, -0.1) is 0 Å². The van der Waals surface area contributed by atoms with E-state index in [1.807, 2.05) is 54.6 Å². The van der Waals surface area contributed by atoms with Crippen molar-refractivity contribution in [3.63, 3.8) is 0 Å². The number of ether oxygens (including phenoxy) is 2. The van der Waals surface area contributed by atoms with Crippen molar-refractivity contribution in [3.05, 3.63) is 72.8 Å². The molecule has 1 atom stereocenters. The molecule has 2 N–H and O–H groups in total. The van der Waals surface area contributed by atoms with Gasteiger partial charge in [-0.25, -0.2) is 4.79 Å². The third kappa shape index (κ3) is 4.51.